The van der Waals surface area contributed by atoms with E-state index < -0.39 is 5.97 Å². The number of morpholine rings is 1. The Morgan fingerprint density at radius 2 is 1.42 bits per heavy atom. The van der Waals surface area contributed by atoms with E-state index in [4.69, 9.17) is 9.84 Å². The summed E-state index contributed by atoms with van der Waals surface area (Å²) < 4.78 is 5.33. The lowest BCUT2D eigenvalue weighted by Crippen LogP contribution is -2.36. The lowest BCUT2D eigenvalue weighted by Gasteiger charge is -2.26. The standard InChI is InChI=1S/C15H29NO3/c17-15(18)9-7-5-3-1-2-4-6-8-10-16-11-13-19-14-12-16/h1-14H2,(H,17,18). The summed E-state index contributed by atoms with van der Waals surface area (Å²) in [6.07, 6.45) is 9.95. The third-order valence-electron chi connectivity index (χ3n) is 3.72. The van der Waals surface area contributed by atoms with Gasteiger partial charge in [0.2, 0.25) is 0 Å². The number of carboxylic acids is 1. The average Bonchev–Trinajstić information content (AvgIpc) is 2.42. The van der Waals surface area contributed by atoms with Crippen LogP contribution in [0.4, 0.5) is 0 Å². The number of nitrogens with zero attached hydrogens (tertiary/aromatic N) is 1. The molecule has 1 aliphatic rings. The summed E-state index contributed by atoms with van der Waals surface area (Å²) in [4.78, 5) is 12.8. The molecule has 0 saturated carbocycles. The number of ether oxygens (including phenoxy) is 1. The van der Waals surface area contributed by atoms with Crippen LogP contribution in [-0.2, 0) is 9.53 Å². The van der Waals surface area contributed by atoms with Gasteiger partial charge >= 0.3 is 5.97 Å². The Bertz CT molecular complexity index is 227. The van der Waals surface area contributed by atoms with Crippen molar-refractivity contribution in [2.75, 3.05) is 32.8 Å². The summed E-state index contributed by atoms with van der Waals surface area (Å²) in [5, 5.41) is 8.51. The predicted molar refractivity (Wildman–Crippen MR) is 76.4 cm³/mol. The maximum Gasteiger partial charge on any atom is 0.303 e. The van der Waals surface area contributed by atoms with Crippen molar-refractivity contribution in [1.82, 2.24) is 4.90 Å². The van der Waals surface area contributed by atoms with E-state index in [1.165, 1.54) is 45.1 Å². The van der Waals surface area contributed by atoms with Gasteiger partial charge in [0.15, 0.2) is 0 Å². The average molecular weight is 271 g/mol. The van der Waals surface area contributed by atoms with Crippen molar-refractivity contribution in [3.05, 3.63) is 0 Å². The largest absolute Gasteiger partial charge is 0.481 e. The molecular weight excluding hydrogens is 242 g/mol. The first kappa shape index (κ1) is 16.4. The van der Waals surface area contributed by atoms with Gasteiger partial charge in [0, 0.05) is 19.5 Å². The van der Waals surface area contributed by atoms with Crippen LogP contribution in [0.2, 0.25) is 0 Å². The molecule has 4 heteroatoms. The van der Waals surface area contributed by atoms with E-state index in [2.05, 4.69) is 4.90 Å². The number of aliphatic carboxylic acids is 1. The molecule has 0 aromatic heterocycles. The summed E-state index contributed by atoms with van der Waals surface area (Å²) in [6.45, 7) is 5.22. The third kappa shape index (κ3) is 9.91. The van der Waals surface area contributed by atoms with E-state index in [1.807, 2.05) is 0 Å². The molecule has 1 aliphatic heterocycles. The molecule has 0 radical (unpaired) electrons. The predicted octanol–water partition coefficient (Wildman–Crippen LogP) is 2.91. The Hall–Kier alpha value is -0.610. The Kier molecular flexibility index (Phi) is 9.72. The van der Waals surface area contributed by atoms with Crippen molar-refractivity contribution in [3.63, 3.8) is 0 Å². The summed E-state index contributed by atoms with van der Waals surface area (Å²) in [5.74, 6) is -0.664. The van der Waals surface area contributed by atoms with E-state index >= 15 is 0 Å². The first-order valence-electron chi connectivity index (χ1n) is 7.81. The van der Waals surface area contributed by atoms with Gasteiger partial charge in [-0.15, -0.1) is 0 Å². The van der Waals surface area contributed by atoms with Crippen LogP contribution in [-0.4, -0.2) is 48.8 Å². The van der Waals surface area contributed by atoms with Gasteiger partial charge in [-0.1, -0.05) is 38.5 Å². The van der Waals surface area contributed by atoms with Gasteiger partial charge in [-0.25, -0.2) is 0 Å². The molecule has 0 spiro atoms. The fourth-order valence-electron chi connectivity index (χ4n) is 2.50. The van der Waals surface area contributed by atoms with Gasteiger partial charge in [0.25, 0.3) is 0 Å². The molecule has 0 aromatic carbocycles. The quantitative estimate of drug-likeness (QED) is 0.587. The normalized spacial score (nSPS) is 16.6. The Morgan fingerprint density at radius 1 is 0.895 bits per heavy atom. The van der Waals surface area contributed by atoms with Crippen LogP contribution in [0.1, 0.15) is 57.8 Å². The summed E-state index contributed by atoms with van der Waals surface area (Å²) in [5.41, 5.74) is 0. The Morgan fingerprint density at radius 3 is 2.00 bits per heavy atom. The van der Waals surface area contributed by atoms with Crippen LogP contribution in [0, 0.1) is 0 Å². The molecule has 1 heterocycles. The molecule has 1 fully saturated rings. The molecule has 0 unspecified atom stereocenters. The van der Waals surface area contributed by atoms with Gasteiger partial charge < -0.3 is 9.84 Å². The number of rotatable bonds is 11. The van der Waals surface area contributed by atoms with Crippen LogP contribution in [0.3, 0.4) is 0 Å². The summed E-state index contributed by atoms with van der Waals surface area (Å²) >= 11 is 0. The van der Waals surface area contributed by atoms with Gasteiger partial charge in [-0.2, -0.15) is 0 Å². The zero-order valence-corrected chi connectivity index (χ0v) is 12.1. The highest BCUT2D eigenvalue weighted by atomic mass is 16.5. The topological polar surface area (TPSA) is 49.8 Å². The highest BCUT2D eigenvalue weighted by Crippen LogP contribution is 2.10. The minimum absolute atomic E-state index is 0.333. The van der Waals surface area contributed by atoms with Gasteiger partial charge in [-0.3, -0.25) is 9.69 Å². The molecule has 4 nitrogen and oxygen atoms in total. The molecule has 19 heavy (non-hydrogen) atoms. The van der Waals surface area contributed by atoms with Crippen molar-refractivity contribution in [2.45, 2.75) is 57.8 Å². The van der Waals surface area contributed by atoms with Gasteiger partial charge in [-0.05, 0) is 19.4 Å². The number of carboxylic acid groups (broad SMARTS) is 1. The van der Waals surface area contributed by atoms with E-state index in [0.29, 0.717) is 6.42 Å². The molecule has 1 N–H and O–H groups in total. The smallest absolute Gasteiger partial charge is 0.303 e. The first-order chi connectivity index (χ1) is 9.29. The zero-order chi connectivity index (χ0) is 13.8. The number of carbonyl (C=O) groups is 1. The van der Waals surface area contributed by atoms with E-state index in [0.717, 1.165) is 39.1 Å². The second kappa shape index (κ2) is 11.2. The molecule has 112 valence electrons. The Balaban J connectivity index is 1.74. The zero-order valence-electron chi connectivity index (χ0n) is 12.1. The van der Waals surface area contributed by atoms with Crippen molar-refractivity contribution in [3.8, 4) is 0 Å². The Labute approximate surface area is 117 Å². The second-order valence-electron chi connectivity index (χ2n) is 5.43. The van der Waals surface area contributed by atoms with Crippen LogP contribution in [0.25, 0.3) is 0 Å². The lowest BCUT2D eigenvalue weighted by molar-refractivity contribution is -0.137. The SMILES string of the molecule is O=C(O)CCCCCCCCCCN1CCOCC1. The molecule has 0 aliphatic carbocycles. The first-order valence-corrected chi connectivity index (χ1v) is 7.81. The summed E-state index contributed by atoms with van der Waals surface area (Å²) in [6, 6.07) is 0. The summed E-state index contributed by atoms with van der Waals surface area (Å²) in [7, 11) is 0. The monoisotopic (exact) mass is 271 g/mol. The van der Waals surface area contributed by atoms with Crippen LogP contribution in [0.15, 0.2) is 0 Å². The maximum absolute atomic E-state index is 10.3. The molecule has 0 bridgehead atoms. The van der Waals surface area contributed by atoms with E-state index in [9.17, 15) is 4.79 Å². The maximum atomic E-state index is 10.3. The van der Waals surface area contributed by atoms with E-state index in [-0.39, 0.29) is 0 Å². The number of hydrogen-bond donors (Lipinski definition) is 1. The minimum Gasteiger partial charge on any atom is -0.481 e. The highest BCUT2D eigenvalue weighted by Gasteiger charge is 2.08. The molecule has 0 amide bonds. The van der Waals surface area contributed by atoms with Crippen LogP contribution >= 0.6 is 0 Å². The van der Waals surface area contributed by atoms with Crippen molar-refractivity contribution in [1.29, 1.82) is 0 Å². The van der Waals surface area contributed by atoms with Gasteiger partial charge in [0.1, 0.15) is 0 Å². The molecule has 0 atom stereocenters. The fraction of sp³-hybridized carbons (Fsp3) is 0.933. The van der Waals surface area contributed by atoms with Crippen LogP contribution in [0.5, 0.6) is 0 Å². The van der Waals surface area contributed by atoms with Crippen molar-refractivity contribution in [2.24, 2.45) is 0 Å². The molecule has 1 saturated heterocycles. The molecule has 1 rings (SSSR count). The highest BCUT2D eigenvalue weighted by molar-refractivity contribution is 5.66. The molecular formula is C15H29NO3. The second-order valence-corrected chi connectivity index (χ2v) is 5.43. The number of hydrogen-bond acceptors (Lipinski definition) is 3. The van der Waals surface area contributed by atoms with Crippen LogP contribution < -0.4 is 0 Å². The fourth-order valence-corrected chi connectivity index (χ4v) is 2.50. The third-order valence-corrected chi connectivity index (χ3v) is 3.72. The lowest BCUT2D eigenvalue weighted by atomic mass is 10.1. The van der Waals surface area contributed by atoms with E-state index in [1.54, 1.807) is 0 Å². The van der Waals surface area contributed by atoms with Crippen molar-refractivity contribution >= 4 is 5.97 Å². The minimum atomic E-state index is -0.664. The number of unbranched alkanes of at least 4 members (excludes halogenated alkanes) is 7. The molecule has 0 aromatic rings. The van der Waals surface area contributed by atoms with Crippen molar-refractivity contribution < 1.29 is 14.6 Å². The van der Waals surface area contributed by atoms with Gasteiger partial charge in [0.05, 0.1) is 13.2 Å².